The molecule has 1 amide bonds. The lowest BCUT2D eigenvalue weighted by Crippen LogP contribution is -2.33. The summed E-state index contributed by atoms with van der Waals surface area (Å²) in [6, 6.07) is 7.29. The van der Waals surface area contributed by atoms with Crippen molar-refractivity contribution < 1.29 is 4.79 Å². The van der Waals surface area contributed by atoms with Crippen LogP contribution in [-0.4, -0.2) is 21.5 Å². The summed E-state index contributed by atoms with van der Waals surface area (Å²) in [5.74, 6) is 0.350. The van der Waals surface area contributed by atoms with Crippen molar-refractivity contribution in [3.8, 4) is 0 Å². The fourth-order valence-electron chi connectivity index (χ4n) is 1.84. The highest BCUT2D eigenvalue weighted by atomic mass is 16.2. The Kier molecular flexibility index (Phi) is 3.62. The van der Waals surface area contributed by atoms with Crippen molar-refractivity contribution in [3.63, 3.8) is 0 Å². The Morgan fingerprint density at radius 2 is 2.22 bits per heavy atom. The Hall–Kier alpha value is -1.88. The highest BCUT2D eigenvalue weighted by molar-refractivity contribution is 5.94. The van der Waals surface area contributed by atoms with E-state index in [-0.39, 0.29) is 5.91 Å². The number of para-hydroxylation sites is 2. The third-order valence-corrected chi connectivity index (χ3v) is 2.75. The third-order valence-electron chi connectivity index (χ3n) is 2.75. The highest BCUT2D eigenvalue weighted by Gasteiger charge is 2.14. The third kappa shape index (κ3) is 2.36. The summed E-state index contributed by atoms with van der Waals surface area (Å²) in [6.45, 7) is 4.56. The number of nitrogens with zero attached hydrogens (tertiary/aromatic N) is 2. The molecule has 3 N–H and O–H groups in total. The molecule has 0 aliphatic rings. The van der Waals surface area contributed by atoms with Gasteiger partial charge >= 0.3 is 0 Å². The van der Waals surface area contributed by atoms with Crippen molar-refractivity contribution in [1.82, 2.24) is 9.55 Å². The zero-order valence-corrected chi connectivity index (χ0v) is 10.7. The first kappa shape index (κ1) is 12.6. The van der Waals surface area contributed by atoms with E-state index in [1.807, 2.05) is 28.8 Å². The average molecular weight is 246 g/mol. The van der Waals surface area contributed by atoms with Gasteiger partial charge in [-0.2, -0.15) is 0 Å². The molecule has 96 valence electrons. The first-order valence-corrected chi connectivity index (χ1v) is 6.15. The van der Waals surface area contributed by atoms with Crippen LogP contribution in [0.2, 0.25) is 0 Å². The van der Waals surface area contributed by atoms with Crippen LogP contribution >= 0.6 is 0 Å². The molecule has 18 heavy (non-hydrogen) atoms. The fraction of sp³-hybridized carbons (Fsp3) is 0.385. The van der Waals surface area contributed by atoms with E-state index in [1.165, 1.54) is 0 Å². The van der Waals surface area contributed by atoms with Gasteiger partial charge in [0.05, 0.1) is 17.1 Å². The largest absolute Gasteiger partial charge is 0.320 e. The van der Waals surface area contributed by atoms with Crippen molar-refractivity contribution >= 4 is 22.9 Å². The normalized spacial score (nSPS) is 12.6. The summed E-state index contributed by atoms with van der Waals surface area (Å²) in [4.78, 5) is 16.1. The number of benzene rings is 1. The molecule has 0 aliphatic heterocycles. The number of aryl methyl sites for hydroxylation is 1. The van der Waals surface area contributed by atoms with E-state index < -0.39 is 6.04 Å². The maximum Gasteiger partial charge on any atom is 0.243 e. The molecule has 5 nitrogen and oxygen atoms in total. The maximum absolute atomic E-state index is 11.7. The molecule has 1 heterocycles. The minimum absolute atomic E-state index is 0.220. The first-order valence-electron chi connectivity index (χ1n) is 6.15. The van der Waals surface area contributed by atoms with Crippen LogP contribution in [-0.2, 0) is 11.3 Å². The molecule has 0 fully saturated rings. The van der Waals surface area contributed by atoms with E-state index >= 15 is 0 Å². The van der Waals surface area contributed by atoms with Gasteiger partial charge in [0.25, 0.3) is 0 Å². The molecule has 0 radical (unpaired) electrons. The van der Waals surface area contributed by atoms with Crippen LogP contribution in [0.1, 0.15) is 20.3 Å². The molecule has 0 unspecified atom stereocenters. The van der Waals surface area contributed by atoms with Gasteiger partial charge in [-0.15, -0.1) is 0 Å². The van der Waals surface area contributed by atoms with E-state index in [2.05, 4.69) is 17.2 Å². The number of amides is 1. The average Bonchev–Trinajstić information content (AvgIpc) is 2.68. The van der Waals surface area contributed by atoms with E-state index in [1.54, 1.807) is 6.92 Å². The molecule has 0 spiro atoms. The molecular weight excluding hydrogens is 228 g/mol. The number of hydrogen-bond acceptors (Lipinski definition) is 3. The standard InChI is InChI=1S/C13H18N4O/c1-3-8-17-11-7-5-4-6-10(11)15-13(17)16-12(18)9(2)14/h4-7,9H,3,8,14H2,1-2H3,(H,15,16,18)/t9-/m1/s1. The fourth-order valence-corrected chi connectivity index (χ4v) is 1.84. The second kappa shape index (κ2) is 5.18. The summed E-state index contributed by atoms with van der Waals surface area (Å²) < 4.78 is 2.01. The summed E-state index contributed by atoms with van der Waals surface area (Å²) >= 11 is 0. The van der Waals surface area contributed by atoms with Gasteiger partial charge in [0, 0.05) is 6.54 Å². The van der Waals surface area contributed by atoms with E-state index in [0.717, 1.165) is 24.0 Å². The van der Waals surface area contributed by atoms with E-state index in [9.17, 15) is 4.79 Å². The number of fused-ring (bicyclic) bond motifs is 1. The minimum Gasteiger partial charge on any atom is -0.320 e. The molecule has 5 heteroatoms. The molecule has 0 saturated heterocycles. The van der Waals surface area contributed by atoms with Gasteiger partial charge in [0.1, 0.15) is 0 Å². The molecule has 0 saturated carbocycles. The number of anilines is 1. The number of carbonyl (C=O) groups is 1. The minimum atomic E-state index is -0.542. The van der Waals surface area contributed by atoms with Crippen LogP contribution in [0.4, 0.5) is 5.95 Å². The van der Waals surface area contributed by atoms with Crippen LogP contribution in [0, 0.1) is 0 Å². The van der Waals surface area contributed by atoms with Gasteiger partial charge in [0.15, 0.2) is 0 Å². The molecule has 2 rings (SSSR count). The molecule has 0 aliphatic carbocycles. The number of nitrogens with one attached hydrogen (secondary N) is 1. The van der Waals surface area contributed by atoms with Crippen LogP contribution < -0.4 is 11.1 Å². The van der Waals surface area contributed by atoms with E-state index in [4.69, 9.17) is 5.73 Å². The highest BCUT2D eigenvalue weighted by Crippen LogP contribution is 2.19. The van der Waals surface area contributed by atoms with Crippen molar-refractivity contribution in [2.45, 2.75) is 32.9 Å². The number of carbonyl (C=O) groups excluding carboxylic acids is 1. The quantitative estimate of drug-likeness (QED) is 0.863. The number of aromatic nitrogens is 2. The van der Waals surface area contributed by atoms with Gasteiger partial charge in [-0.1, -0.05) is 19.1 Å². The summed E-state index contributed by atoms with van der Waals surface area (Å²) in [5.41, 5.74) is 7.46. The second-order valence-corrected chi connectivity index (χ2v) is 4.35. The summed E-state index contributed by atoms with van der Waals surface area (Å²) in [6.07, 6.45) is 0.974. The topological polar surface area (TPSA) is 72.9 Å². The molecular formula is C13H18N4O. The maximum atomic E-state index is 11.7. The van der Waals surface area contributed by atoms with Gasteiger partial charge in [0.2, 0.25) is 11.9 Å². The molecule has 1 aromatic carbocycles. The SMILES string of the molecule is CCCn1c(NC(=O)[C@@H](C)N)nc2ccccc21. The Morgan fingerprint density at radius 1 is 1.50 bits per heavy atom. The summed E-state index contributed by atoms with van der Waals surface area (Å²) in [7, 11) is 0. The Balaban J connectivity index is 2.42. The lowest BCUT2D eigenvalue weighted by molar-refractivity contribution is -0.117. The first-order chi connectivity index (χ1) is 8.63. The molecule has 2 aromatic rings. The second-order valence-electron chi connectivity index (χ2n) is 4.35. The lowest BCUT2D eigenvalue weighted by atomic mass is 10.3. The van der Waals surface area contributed by atoms with Crippen molar-refractivity contribution in [3.05, 3.63) is 24.3 Å². The van der Waals surface area contributed by atoms with Gasteiger partial charge in [-0.25, -0.2) is 4.98 Å². The van der Waals surface area contributed by atoms with Crippen LogP contribution in [0.25, 0.3) is 11.0 Å². The Bertz CT molecular complexity index is 559. The van der Waals surface area contributed by atoms with Crippen molar-refractivity contribution in [2.75, 3.05) is 5.32 Å². The number of hydrogen-bond donors (Lipinski definition) is 2. The van der Waals surface area contributed by atoms with Crippen molar-refractivity contribution in [2.24, 2.45) is 5.73 Å². The van der Waals surface area contributed by atoms with Gasteiger partial charge < -0.3 is 10.3 Å². The van der Waals surface area contributed by atoms with E-state index in [0.29, 0.717) is 5.95 Å². The number of nitrogens with two attached hydrogens (primary N) is 1. The Morgan fingerprint density at radius 3 is 2.89 bits per heavy atom. The lowest BCUT2D eigenvalue weighted by Gasteiger charge is -2.10. The number of rotatable bonds is 4. The van der Waals surface area contributed by atoms with Gasteiger partial charge in [-0.05, 0) is 25.5 Å². The van der Waals surface area contributed by atoms with Crippen molar-refractivity contribution in [1.29, 1.82) is 0 Å². The Labute approximate surface area is 106 Å². The number of imidazole rings is 1. The summed E-state index contributed by atoms with van der Waals surface area (Å²) in [5, 5.41) is 2.77. The van der Waals surface area contributed by atoms with Crippen LogP contribution in [0.5, 0.6) is 0 Å². The zero-order chi connectivity index (χ0) is 13.1. The van der Waals surface area contributed by atoms with Crippen LogP contribution in [0.3, 0.4) is 0 Å². The molecule has 0 bridgehead atoms. The van der Waals surface area contributed by atoms with Crippen LogP contribution in [0.15, 0.2) is 24.3 Å². The van der Waals surface area contributed by atoms with Gasteiger partial charge in [-0.3, -0.25) is 10.1 Å². The smallest absolute Gasteiger partial charge is 0.243 e. The monoisotopic (exact) mass is 246 g/mol. The zero-order valence-electron chi connectivity index (χ0n) is 10.7. The molecule has 1 aromatic heterocycles. The molecule has 1 atom stereocenters. The predicted molar refractivity (Wildman–Crippen MR) is 72.3 cm³/mol. The predicted octanol–water partition coefficient (Wildman–Crippen LogP) is 1.73.